The molecule has 0 radical (unpaired) electrons. The molecule has 0 unspecified atom stereocenters. The molecule has 0 aromatic heterocycles. The van der Waals surface area contributed by atoms with E-state index in [4.69, 9.17) is 11.5 Å². The molecule has 14 heavy (non-hydrogen) atoms. The molecule has 0 saturated heterocycles. The van der Waals surface area contributed by atoms with Crippen LogP contribution in [0.25, 0.3) is 0 Å². The van der Waals surface area contributed by atoms with E-state index in [0.29, 0.717) is 0 Å². The Kier molecular flexibility index (Phi) is 4.11. The molecule has 4 N–H and O–H groups in total. The average molecular weight is 192 g/mol. The molecular formula is C12H20N2. The highest BCUT2D eigenvalue weighted by Crippen LogP contribution is 2.10. The Hall–Kier alpha value is -0.860. The minimum Gasteiger partial charge on any atom is -0.314 e. The molecule has 0 heterocycles. The van der Waals surface area contributed by atoms with Gasteiger partial charge in [0.25, 0.3) is 0 Å². The standard InChI is InChI=1S/C12H20N2/c1-2-12(13,14)10-6-9-11-7-4-3-5-8-11/h3-5,7-8H,2,6,9-10,13-14H2,1H3. The zero-order valence-electron chi connectivity index (χ0n) is 8.87. The fourth-order valence-electron chi connectivity index (χ4n) is 1.44. The molecule has 0 amide bonds. The summed E-state index contributed by atoms with van der Waals surface area (Å²) >= 11 is 0. The van der Waals surface area contributed by atoms with Gasteiger partial charge in [0.2, 0.25) is 0 Å². The minimum absolute atomic E-state index is 0.477. The maximum Gasteiger partial charge on any atom is 0.0634 e. The zero-order valence-corrected chi connectivity index (χ0v) is 8.87. The summed E-state index contributed by atoms with van der Waals surface area (Å²) < 4.78 is 0. The van der Waals surface area contributed by atoms with Crippen LogP contribution in [-0.4, -0.2) is 5.66 Å². The van der Waals surface area contributed by atoms with Crippen LogP contribution < -0.4 is 11.5 Å². The van der Waals surface area contributed by atoms with E-state index in [0.717, 1.165) is 25.7 Å². The van der Waals surface area contributed by atoms with E-state index in [9.17, 15) is 0 Å². The SMILES string of the molecule is CCC(N)(N)CCCc1ccccc1. The summed E-state index contributed by atoms with van der Waals surface area (Å²) in [5.74, 6) is 0. The van der Waals surface area contributed by atoms with E-state index in [1.165, 1.54) is 5.56 Å². The van der Waals surface area contributed by atoms with Gasteiger partial charge in [-0.2, -0.15) is 0 Å². The van der Waals surface area contributed by atoms with Crippen LogP contribution in [0.4, 0.5) is 0 Å². The summed E-state index contributed by atoms with van der Waals surface area (Å²) in [6.07, 6.45) is 3.85. The van der Waals surface area contributed by atoms with Crippen molar-refractivity contribution in [3.63, 3.8) is 0 Å². The van der Waals surface area contributed by atoms with Gasteiger partial charge in [0.05, 0.1) is 5.66 Å². The topological polar surface area (TPSA) is 52.0 Å². The molecule has 1 rings (SSSR count). The first-order chi connectivity index (χ1) is 6.64. The van der Waals surface area contributed by atoms with Crippen molar-refractivity contribution < 1.29 is 0 Å². The third kappa shape index (κ3) is 3.90. The third-order valence-electron chi connectivity index (χ3n) is 2.61. The molecule has 0 aliphatic rings. The van der Waals surface area contributed by atoms with Gasteiger partial charge >= 0.3 is 0 Å². The number of benzene rings is 1. The Labute approximate surface area is 86.3 Å². The summed E-state index contributed by atoms with van der Waals surface area (Å²) in [6.45, 7) is 2.03. The fourth-order valence-corrected chi connectivity index (χ4v) is 1.44. The molecule has 0 aliphatic heterocycles. The Balaban J connectivity index is 2.29. The van der Waals surface area contributed by atoms with Gasteiger partial charge in [0, 0.05) is 0 Å². The molecule has 0 spiro atoms. The Morgan fingerprint density at radius 2 is 1.79 bits per heavy atom. The molecule has 2 heteroatoms. The second-order valence-corrected chi connectivity index (χ2v) is 3.93. The van der Waals surface area contributed by atoms with Crippen molar-refractivity contribution in [3.05, 3.63) is 35.9 Å². The third-order valence-corrected chi connectivity index (χ3v) is 2.61. The molecule has 0 fully saturated rings. The number of hydrogen-bond acceptors (Lipinski definition) is 2. The number of aryl methyl sites for hydroxylation is 1. The van der Waals surface area contributed by atoms with Gasteiger partial charge in [-0.25, -0.2) is 0 Å². The summed E-state index contributed by atoms with van der Waals surface area (Å²) in [5.41, 5.74) is 12.6. The van der Waals surface area contributed by atoms with Crippen LogP contribution in [0.3, 0.4) is 0 Å². The van der Waals surface area contributed by atoms with Crippen molar-refractivity contribution in [2.24, 2.45) is 11.5 Å². The maximum atomic E-state index is 5.86. The molecule has 0 bridgehead atoms. The molecule has 0 saturated carbocycles. The van der Waals surface area contributed by atoms with Gasteiger partial charge in [0.15, 0.2) is 0 Å². The van der Waals surface area contributed by atoms with E-state index in [-0.39, 0.29) is 0 Å². The first-order valence-electron chi connectivity index (χ1n) is 5.26. The van der Waals surface area contributed by atoms with Gasteiger partial charge in [-0.15, -0.1) is 0 Å². The largest absolute Gasteiger partial charge is 0.314 e. The maximum absolute atomic E-state index is 5.86. The van der Waals surface area contributed by atoms with Crippen LogP contribution in [0.15, 0.2) is 30.3 Å². The lowest BCUT2D eigenvalue weighted by atomic mass is 9.99. The van der Waals surface area contributed by atoms with E-state index >= 15 is 0 Å². The highest BCUT2D eigenvalue weighted by molar-refractivity contribution is 5.14. The van der Waals surface area contributed by atoms with Crippen molar-refractivity contribution in [2.45, 2.75) is 38.3 Å². The summed E-state index contributed by atoms with van der Waals surface area (Å²) in [4.78, 5) is 0. The first-order valence-corrected chi connectivity index (χ1v) is 5.26. The number of rotatable bonds is 5. The number of nitrogens with two attached hydrogens (primary N) is 2. The van der Waals surface area contributed by atoms with Gasteiger partial charge < -0.3 is 11.5 Å². The van der Waals surface area contributed by atoms with Crippen LogP contribution in [-0.2, 0) is 6.42 Å². The molecule has 1 aromatic carbocycles. The smallest absolute Gasteiger partial charge is 0.0634 e. The Morgan fingerprint density at radius 1 is 1.14 bits per heavy atom. The van der Waals surface area contributed by atoms with Crippen LogP contribution in [0.2, 0.25) is 0 Å². The Bertz CT molecular complexity index is 254. The van der Waals surface area contributed by atoms with Crippen molar-refractivity contribution in [1.29, 1.82) is 0 Å². The van der Waals surface area contributed by atoms with E-state index in [1.807, 2.05) is 13.0 Å². The second-order valence-electron chi connectivity index (χ2n) is 3.93. The van der Waals surface area contributed by atoms with Crippen molar-refractivity contribution in [3.8, 4) is 0 Å². The van der Waals surface area contributed by atoms with E-state index < -0.39 is 5.66 Å². The summed E-state index contributed by atoms with van der Waals surface area (Å²) in [5, 5.41) is 0. The molecule has 78 valence electrons. The lowest BCUT2D eigenvalue weighted by Gasteiger charge is -2.22. The molecule has 1 aromatic rings. The summed E-state index contributed by atoms with van der Waals surface area (Å²) in [6, 6.07) is 10.4. The lowest BCUT2D eigenvalue weighted by Crippen LogP contribution is -2.48. The molecule has 2 nitrogen and oxygen atoms in total. The van der Waals surface area contributed by atoms with Gasteiger partial charge in [-0.3, -0.25) is 0 Å². The molecular weight excluding hydrogens is 172 g/mol. The van der Waals surface area contributed by atoms with Crippen LogP contribution in [0, 0.1) is 0 Å². The first kappa shape index (κ1) is 11.2. The minimum atomic E-state index is -0.477. The summed E-state index contributed by atoms with van der Waals surface area (Å²) in [7, 11) is 0. The van der Waals surface area contributed by atoms with Gasteiger partial charge in [-0.1, -0.05) is 37.3 Å². The zero-order chi connectivity index (χ0) is 10.4. The highest BCUT2D eigenvalue weighted by atomic mass is 14.9. The number of hydrogen-bond donors (Lipinski definition) is 2. The second kappa shape index (κ2) is 5.13. The quantitative estimate of drug-likeness (QED) is 0.701. The van der Waals surface area contributed by atoms with E-state index in [2.05, 4.69) is 24.3 Å². The highest BCUT2D eigenvalue weighted by Gasteiger charge is 2.14. The van der Waals surface area contributed by atoms with Gasteiger partial charge in [-0.05, 0) is 31.2 Å². The fraction of sp³-hybridized carbons (Fsp3) is 0.500. The van der Waals surface area contributed by atoms with Crippen molar-refractivity contribution in [2.75, 3.05) is 0 Å². The predicted octanol–water partition coefficient (Wildman–Crippen LogP) is 2.03. The monoisotopic (exact) mass is 192 g/mol. The van der Waals surface area contributed by atoms with Crippen LogP contribution in [0.5, 0.6) is 0 Å². The predicted molar refractivity (Wildman–Crippen MR) is 60.8 cm³/mol. The molecule has 0 aliphatic carbocycles. The van der Waals surface area contributed by atoms with Crippen molar-refractivity contribution in [1.82, 2.24) is 0 Å². The van der Waals surface area contributed by atoms with Crippen molar-refractivity contribution >= 4 is 0 Å². The van der Waals surface area contributed by atoms with Gasteiger partial charge in [0.1, 0.15) is 0 Å². The Morgan fingerprint density at radius 3 is 2.36 bits per heavy atom. The van der Waals surface area contributed by atoms with Crippen LogP contribution >= 0.6 is 0 Å². The normalized spacial score (nSPS) is 11.6. The average Bonchev–Trinajstić information content (AvgIpc) is 2.19. The lowest BCUT2D eigenvalue weighted by molar-refractivity contribution is 0.383. The molecule has 0 atom stereocenters. The van der Waals surface area contributed by atoms with E-state index in [1.54, 1.807) is 0 Å². The van der Waals surface area contributed by atoms with Crippen LogP contribution in [0.1, 0.15) is 31.7 Å².